The van der Waals surface area contributed by atoms with E-state index in [0.29, 0.717) is 6.54 Å². The largest absolute Gasteiger partial charge is 0.399 e. The Morgan fingerprint density at radius 2 is 2.24 bits per heavy atom. The lowest BCUT2D eigenvalue weighted by Gasteiger charge is -2.03. The van der Waals surface area contributed by atoms with Crippen molar-refractivity contribution in [3.05, 3.63) is 29.5 Å². The third-order valence-electron chi connectivity index (χ3n) is 2.86. The monoisotopic (exact) mass is 231 g/mol. The summed E-state index contributed by atoms with van der Waals surface area (Å²) in [5.41, 5.74) is 10.1. The highest BCUT2D eigenvalue weighted by atomic mass is 16.1. The highest BCUT2D eigenvalue weighted by Gasteiger charge is 2.06. The Kier molecular flexibility index (Phi) is 3.04. The number of benzene rings is 1. The number of carbonyl (C=O) groups excluding carboxylic acids is 1. The Hall–Kier alpha value is -1.97. The van der Waals surface area contributed by atoms with Crippen LogP contribution < -0.4 is 11.1 Å². The second-order valence-electron chi connectivity index (χ2n) is 4.31. The number of aromatic amines is 1. The second kappa shape index (κ2) is 4.49. The zero-order chi connectivity index (χ0) is 12.4. The Bertz CT molecular complexity index is 557. The number of H-pyrrole nitrogens is 1. The molecule has 4 heteroatoms. The first-order valence-corrected chi connectivity index (χ1v) is 5.68. The molecule has 0 spiro atoms. The first kappa shape index (κ1) is 11.5. The fourth-order valence-electron chi connectivity index (χ4n) is 2.08. The molecular formula is C13H17N3O. The fourth-order valence-corrected chi connectivity index (χ4v) is 2.08. The van der Waals surface area contributed by atoms with Crippen LogP contribution in [0.5, 0.6) is 0 Å². The minimum absolute atomic E-state index is 0.000496. The van der Waals surface area contributed by atoms with E-state index in [2.05, 4.69) is 10.3 Å². The summed E-state index contributed by atoms with van der Waals surface area (Å²) in [5.74, 6) is 0.000496. The van der Waals surface area contributed by atoms with E-state index in [1.54, 1.807) is 0 Å². The molecule has 4 N–H and O–H groups in total. The Morgan fingerprint density at radius 3 is 2.94 bits per heavy atom. The number of rotatable bonds is 3. The van der Waals surface area contributed by atoms with E-state index in [1.807, 2.05) is 25.3 Å². The number of hydrogen-bond acceptors (Lipinski definition) is 2. The molecule has 0 saturated heterocycles. The third kappa shape index (κ3) is 2.41. The van der Waals surface area contributed by atoms with E-state index < -0.39 is 0 Å². The van der Waals surface area contributed by atoms with Gasteiger partial charge in [0.2, 0.25) is 5.91 Å². The highest BCUT2D eigenvalue weighted by molar-refractivity contribution is 5.88. The normalized spacial score (nSPS) is 10.7. The van der Waals surface area contributed by atoms with Gasteiger partial charge in [0.05, 0.1) is 0 Å². The van der Waals surface area contributed by atoms with E-state index in [0.717, 1.165) is 28.6 Å². The molecule has 4 nitrogen and oxygen atoms in total. The lowest BCUT2D eigenvalue weighted by Crippen LogP contribution is -2.22. The first-order valence-electron chi connectivity index (χ1n) is 5.68. The summed E-state index contributed by atoms with van der Waals surface area (Å²) in [4.78, 5) is 14.1. The van der Waals surface area contributed by atoms with Gasteiger partial charge in [-0.3, -0.25) is 4.79 Å². The number of nitrogens with two attached hydrogens (primary N) is 1. The molecule has 0 radical (unpaired) electrons. The molecule has 2 rings (SSSR count). The molecule has 1 aromatic heterocycles. The fraction of sp³-hybridized carbons (Fsp3) is 0.308. The number of fused-ring (bicyclic) bond motifs is 1. The van der Waals surface area contributed by atoms with Gasteiger partial charge < -0.3 is 16.0 Å². The molecule has 90 valence electrons. The van der Waals surface area contributed by atoms with Gasteiger partial charge in [-0.25, -0.2) is 0 Å². The smallest absolute Gasteiger partial charge is 0.216 e. The van der Waals surface area contributed by atoms with Crippen molar-refractivity contribution in [2.24, 2.45) is 0 Å². The predicted octanol–water partition coefficient (Wildman–Crippen LogP) is 1.74. The van der Waals surface area contributed by atoms with Crippen molar-refractivity contribution in [1.29, 1.82) is 0 Å². The van der Waals surface area contributed by atoms with Gasteiger partial charge in [0, 0.05) is 36.3 Å². The predicted molar refractivity (Wildman–Crippen MR) is 69.8 cm³/mol. The van der Waals surface area contributed by atoms with E-state index in [-0.39, 0.29) is 5.91 Å². The van der Waals surface area contributed by atoms with Gasteiger partial charge in [0.25, 0.3) is 0 Å². The van der Waals surface area contributed by atoms with Crippen molar-refractivity contribution < 1.29 is 4.79 Å². The molecular weight excluding hydrogens is 214 g/mol. The molecule has 0 fully saturated rings. The summed E-state index contributed by atoms with van der Waals surface area (Å²) in [6.07, 6.45) is 2.79. The number of nitrogens with one attached hydrogen (secondary N) is 2. The van der Waals surface area contributed by atoms with Crippen LogP contribution in [-0.2, 0) is 11.2 Å². The van der Waals surface area contributed by atoms with Crippen LogP contribution in [0, 0.1) is 6.92 Å². The van der Waals surface area contributed by atoms with Crippen molar-refractivity contribution in [2.75, 3.05) is 12.3 Å². The van der Waals surface area contributed by atoms with Crippen LogP contribution in [0.4, 0.5) is 5.69 Å². The molecule has 0 aliphatic rings. The van der Waals surface area contributed by atoms with Crippen molar-refractivity contribution in [3.8, 4) is 0 Å². The summed E-state index contributed by atoms with van der Waals surface area (Å²) in [6, 6.07) is 3.93. The van der Waals surface area contributed by atoms with E-state index >= 15 is 0 Å². The Labute approximate surface area is 100 Å². The van der Waals surface area contributed by atoms with Crippen LogP contribution >= 0.6 is 0 Å². The van der Waals surface area contributed by atoms with Crippen LogP contribution in [-0.4, -0.2) is 17.4 Å². The van der Waals surface area contributed by atoms with Gasteiger partial charge in [0.1, 0.15) is 0 Å². The molecule has 0 saturated carbocycles. The summed E-state index contributed by atoms with van der Waals surface area (Å²) < 4.78 is 0. The molecule has 17 heavy (non-hydrogen) atoms. The quantitative estimate of drug-likeness (QED) is 0.704. The van der Waals surface area contributed by atoms with Crippen molar-refractivity contribution in [2.45, 2.75) is 20.3 Å². The number of aromatic nitrogens is 1. The molecule has 1 heterocycles. The second-order valence-corrected chi connectivity index (χ2v) is 4.31. The lowest BCUT2D eigenvalue weighted by atomic mass is 10.1. The Balaban J connectivity index is 2.26. The molecule has 0 aliphatic heterocycles. The highest BCUT2D eigenvalue weighted by Crippen LogP contribution is 2.24. The number of aryl methyl sites for hydroxylation is 1. The first-order chi connectivity index (χ1) is 8.08. The maximum atomic E-state index is 10.8. The maximum absolute atomic E-state index is 10.8. The third-order valence-corrected chi connectivity index (χ3v) is 2.86. The molecule has 1 amide bonds. The van der Waals surface area contributed by atoms with Crippen molar-refractivity contribution in [3.63, 3.8) is 0 Å². The molecule has 1 aromatic carbocycles. The minimum atomic E-state index is 0.000496. The van der Waals surface area contributed by atoms with Crippen molar-refractivity contribution in [1.82, 2.24) is 10.3 Å². The van der Waals surface area contributed by atoms with Crippen LogP contribution in [0.15, 0.2) is 18.3 Å². The zero-order valence-electron chi connectivity index (χ0n) is 10.1. The molecule has 0 atom stereocenters. The van der Waals surface area contributed by atoms with Gasteiger partial charge in [0.15, 0.2) is 0 Å². The maximum Gasteiger partial charge on any atom is 0.216 e. The standard InChI is InChI=1S/C13H17N3O/c1-8-5-11(14)6-12-10(7-16-13(8)12)3-4-15-9(2)17/h5-7,16H,3-4,14H2,1-2H3,(H,15,17). The van der Waals surface area contributed by atoms with Gasteiger partial charge in [-0.05, 0) is 36.6 Å². The minimum Gasteiger partial charge on any atom is -0.399 e. The number of nitrogen functional groups attached to an aromatic ring is 1. The summed E-state index contributed by atoms with van der Waals surface area (Å²) in [7, 11) is 0. The van der Waals surface area contributed by atoms with Crippen molar-refractivity contribution >= 4 is 22.5 Å². The van der Waals surface area contributed by atoms with Gasteiger partial charge in [-0.1, -0.05) is 0 Å². The van der Waals surface area contributed by atoms with E-state index in [4.69, 9.17) is 5.73 Å². The van der Waals surface area contributed by atoms with Crippen LogP contribution in [0.3, 0.4) is 0 Å². The van der Waals surface area contributed by atoms with Crippen LogP contribution in [0.25, 0.3) is 10.9 Å². The molecule has 2 aromatic rings. The summed E-state index contributed by atoms with van der Waals surface area (Å²) in [6.45, 7) is 4.21. The average Bonchev–Trinajstić information content (AvgIpc) is 2.61. The molecule has 0 aliphatic carbocycles. The number of amides is 1. The molecule has 0 bridgehead atoms. The summed E-state index contributed by atoms with van der Waals surface area (Å²) >= 11 is 0. The van der Waals surface area contributed by atoms with Gasteiger partial charge in [-0.15, -0.1) is 0 Å². The van der Waals surface area contributed by atoms with Crippen LogP contribution in [0.1, 0.15) is 18.1 Å². The molecule has 0 unspecified atom stereocenters. The average molecular weight is 231 g/mol. The van der Waals surface area contributed by atoms with E-state index in [1.165, 1.54) is 12.5 Å². The number of carbonyl (C=O) groups is 1. The summed E-state index contributed by atoms with van der Waals surface area (Å²) in [5, 5.41) is 3.94. The van der Waals surface area contributed by atoms with Gasteiger partial charge in [-0.2, -0.15) is 0 Å². The lowest BCUT2D eigenvalue weighted by molar-refractivity contribution is -0.118. The SMILES string of the molecule is CC(=O)NCCc1c[nH]c2c(C)cc(N)cc12. The van der Waals surface area contributed by atoms with Gasteiger partial charge >= 0.3 is 0 Å². The number of anilines is 1. The zero-order valence-corrected chi connectivity index (χ0v) is 10.1. The van der Waals surface area contributed by atoms with E-state index in [9.17, 15) is 4.79 Å². The number of hydrogen-bond donors (Lipinski definition) is 3. The topological polar surface area (TPSA) is 70.9 Å². The Morgan fingerprint density at radius 1 is 1.47 bits per heavy atom. The van der Waals surface area contributed by atoms with Crippen LogP contribution in [0.2, 0.25) is 0 Å².